The zero-order chi connectivity index (χ0) is 25.9. The summed E-state index contributed by atoms with van der Waals surface area (Å²) in [6.45, 7) is 2.44. The average molecular weight is 534 g/mol. The van der Waals surface area contributed by atoms with Gasteiger partial charge in [-0.05, 0) is 62.2 Å². The molecule has 1 unspecified atom stereocenters. The molecule has 1 fully saturated rings. The Morgan fingerprint density at radius 2 is 1.83 bits per heavy atom. The lowest BCUT2D eigenvalue weighted by atomic mass is 10.2. The van der Waals surface area contributed by atoms with Crippen molar-refractivity contribution in [2.24, 2.45) is 4.99 Å². The van der Waals surface area contributed by atoms with E-state index >= 15 is 0 Å². The van der Waals surface area contributed by atoms with E-state index in [0.29, 0.717) is 36.5 Å². The summed E-state index contributed by atoms with van der Waals surface area (Å²) < 4.78 is 45.7. The lowest BCUT2D eigenvalue weighted by Gasteiger charge is -2.21. The first kappa shape index (κ1) is 25.9. The number of esters is 1. The number of benzene rings is 2. The molecule has 36 heavy (non-hydrogen) atoms. The molecule has 1 amide bonds. The minimum Gasteiger partial charge on any atom is -0.497 e. The van der Waals surface area contributed by atoms with Crippen LogP contribution in [-0.2, 0) is 30.9 Å². The molecule has 1 aliphatic rings. The summed E-state index contributed by atoms with van der Waals surface area (Å²) in [6.07, 6.45) is 0.891. The SMILES string of the molecule is CCOc1ccc2c(c1)sc(=NC(=O)C1CCCN1S(=O)(=O)c1ccc(OC)cc1)n2CC(=O)OC. The average Bonchev–Trinajstić information content (AvgIpc) is 3.50. The molecule has 0 spiro atoms. The third-order valence-corrected chi connectivity index (χ3v) is 8.80. The highest BCUT2D eigenvalue weighted by Gasteiger charge is 2.39. The molecule has 1 saturated heterocycles. The number of amides is 1. The summed E-state index contributed by atoms with van der Waals surface area (Å²) in [4.78, 5) is 30.1. The van der Waals surface area contributed by atoms with Crippen molar-refractivity contribution < 1.29 is 32.2 Å². The highest BCUT2D eigenvalue weighted by molar-refractivity contribution is 7.89. The van der Waals surface area contributed by atoms with Gasteiger partial charge in [0.2, 0.25) is 10.0 Å². The van der Waals surface area contributed by atoms with Crippen LogP contribution in [0.1, 0.15) is 19.8 Å². The lowest BCUT2D eigenvalue weighted by Crippen LogP contribution is -2.40. The second kappa shape index (κ2) is 10.8. The van der Waals surface area contributed by atoms with Gasteiger partial charge in [0.1, 0.15) is 24.1 Å². The summed E-state index contributed by atoms with van der Waals surface area (Å²) in [5, 5.41) is 0. The van der Waals surface area contributed by atoms with Crippen molar-refractivity contribution in [2.75, 3.05) is 27.4 Å². The minimum atomic E-state index is -3.92. The van der Waals surface area contributed by atoms with E-state index in [4.69, 9.17) is 14.2 Å². The van der Waals surface area contributed by atoms with Crippen molar-refractivity contribution in [3.05, 3.63) is 47.3 Å². The van der Waals surface area contributed by atoms with Crippen molar-refractivity contribution in [1.82, 2.24) is 8.87 Å². The van der Waals surface area contributed by atoms with E-state index in [-0.39, 0.29) is 22.8 Å². The number of aromatic nitrogens is 1. The number of hydrogen-bond donors (Lipinski definition) is 0. The number of thiazole rings is 1. The van der Waals surface area contributed by atoms with Gasteiger partial charge in [-0.25, -0.2) is 8.42 Å². The topological polar surface area (TPSA) is 116 Å². The summed E-state index contributed by atoms with van der Waals surface area (Å²) in [7, 11) is -1.13. The molecule has 0 N–H and O–H groups in total. The van der Waals surface area contributed by atoms with Crippen LogP contribution in [0, 0.1) is 0 Å². The Hall–Kier alpha value is -3.22. The molecular weight excluding hydrogens is 506 g/mol. The van der Waals surface area contributed by atoms with Crippen LogP contribution in [-0.4, -0.2) is 62.6 Å². The Kier molecular flexibility index (Phi) is 7.76. The Balaban J connectivity index is 1.71. The maximum Gasteiger partial charge on any atom is 0.325 e. The molecule has 1 atom stereocenters. The van der Waals surface area contributed by atoms with E-state index in [1.165, 1.54) is 42.0 Å². The largest absolute Gasteiger partial charge is 0.497 e. The van der Waals surface area contributed by atoms with Gasteiger partial charge in [0, 0.05) is 6.54 Å². The van der Waals surface area contributed by atoms with Crippen LogP contribution < -0.4 is 14.3 Å². The van der Waals surface area contributed by atoms with Gasteiger partial charge in [0.05, 0.1) is 35.9 Å². The smallest absolute Gasteiger partial charge is 0.325 e. The van der Waals surface area contributed by atoms with E-state index in [9.17, 15) is 18.0 Å². The molecule has 2 heterocycles. The van der Waals surface area contributed by atoms with E-state index in [1.54, 1.807) is 28.8 Å². The Labute approximate surface area is 212 Å². The lowest BCUT2D eigenvalue weighted by molar-refractivity contribution is -0.141. The number of ether oxygens (including phenoxy) is 3. The van der Waals surface area contributed by atoms with Gasteiger partial charge in [-0.3, -0.25) is 9.59 Å². The molecule has 0 radical (unpaired) electrons. The highest BCUT2D eigenvalue weighted by Crippen LogP contribution is 2.28. The summed E-state index contributed by atoms with van der Waals surface area (Å²) in [5.41, 5.74) is 0.689. The van der Waals surface area contributed by atoms with E-state index < -0.39 is 27.9 Å². The van der Waals surface area contributed by atoms with Crippen molar-refractivity contribution in [3.63, 3.8) is 0 Å². The number of sulfonamides is 1. The van der Waals surface area contributed by atoms with Gasteiger partial charge >= 0.3 is 5.97 Å². The van der Waals surface area contributed by atoms with Crippen LogP contribution in [0.15, 0.2) is 52.4 Å². The molecule has 192 valence electrons. The second-order valence-corrected chi connectivity index (χ2v) is 10.9. The van der Waals surface area contributed by atoms with Crippen molar-refractivity contribution in [3.8, 4) is 11.5 Å². The van der Waals surface area contributed by atoms with Gasteiger partial charge in [0.25, 0.3) is 5.91 Å². The first-order valence-corrected chi connectivity index (χ1v) is 13.6. The molecule has 4 rings (SSSR count). The van der Waals surface area contributed by atoms with E-state index in [1.807, 2.05) is 13.0 Å². The maximum atomic E-state index is 13.3. The van der Waals surface area contributed by atoms with Gasteiger partial charge in [-0.2, -0.15) is 9.30 Å². The number of hydrogen-bond acceptors (Lipinski definition) is 8. The van der Waals surface area contributed by atoms with Crippen molar-refractivity contribution in [2.45, 2.75) is 37.2 Å². The van der Waals surface area contributed by atoms with Crippen LogP contribution in [0.4, 0.5) is 0 Å². The Morgan fingerprint density at radius 3 is 2.50 bits per heavy atom. The molecule has 1 aromatic heterocycles. The standard InChI is InChI=1S/C24H27N3O7S2/c1-4-34-17-9-12-19-21(14-17)35-24(26(19)15-22(28)33-3)25-23(29)20-6-5-13-27(20)36(30,31)18-10-7-16(32-2)8-11-18/h7-12,14,20H,4-6,13,15H2,1-3H3. The maximum absolute atomic E-state index is 13.3. The summed E-state index contributed by atoms with van der Waals surface area (Å²) in [6, 6.07) is 10.5. The quantitative estimate of drug-likeness (QED) is 0.409. The van der Waals surface area contributed by atoms with Crippen LogP contribution in [0.2, 0.25) is 0 Å². The van der Waals surface area contributed by atoms with Crippen LogP contribution in [0.5, 0.6) is 11.5 Å². The van der Waals surface area contributed by atoms with E-state index in [2.05, 4.69) is 4.99 Å². The van der Waals surface area contributed by atoms with Crippen molar-refractivity contribution in [1.29, 1.82) is 0 Å². The number of methoxy groups -OCH3 is 2. The first-order chi connectivity index (χ1) is 17.3. The monoisotopic (exact) mass is 533 g/mol. The minimum absolute atomic E-state index is 0.0778. The number of rotatable bonds is 8. The third-order valence-electron chi connectivity index (χ3n) is 5.84. The second-order valence-electron chi connectivity index (χ2n) is 8.01. The predicted octanol–water partition coefficient (Wildman–Crippen LogP) is 2.56. The van der Waals surface area contributed by atoms with Gasteiger partial charge in [0.15, 0.2) is 4.80 Å². The van der Waals surface area contributed by atoms with Crippen LogP contribution in [0.25, 0.3) is 10.2 Å². The van der Waals surface area contributed by atoms with Gasteiger partial charge < -0.3 is 18.8 Å². The molecule has 0 aliphatic carbocycles. The molecule has 0 saturated carbocycles. The fraction of sp³-hybridized carbons (Fsp3) is 0.375. The third kappa shape index (κ3) is 5.15. The van der Waals surface area contributed by atoms with Crippen molar-refractivity contribution >= 4 is 43.5 Å². The van der Waals surface area contributed by atoms with Crippen LogP contribution >= 0.6 is 11.3 Å². The van der Waals surface area contributed by atoms with Gasteiger partial charge in [-0.1, -0.05) is 11.3 Å². The van der Waals surface area contributed by atoms with E-state index in [0.717, 1.165) is 4.70 Å². The normalized spacial score (nSPS) is 16.9. The molecule has 1 aliphatic heterocycles. The number of carbonyl (C=O) groups is 2. The fourth-order valence-corrected chi connectivity index (χ4v) is 6.78. The number of carbonyl (C=O) groups excluding carboxylic acids is 2. The molecule has 3 aromatic rings. The molecule has 12 heteroatoms. The zero-order valence-corrected chi connectivity index (χ0v) is 21.8. The summed E-state index contributed by atoms with van der Waals surface area (Å²) in [5.74, 6) is 0.106. The number of fused-ring (bicyclic) bond motifs is 1. The molecule has 0 bridgehead atoms. The predicted molar refractivity (Wildman–Crippen MR) is 133 cm³/mol. The van der Waals surface area contributed by atoms with Crippen LogP contribution in [0.3, 0.4) is 0 Å². The Morgan fingerprint density at radius 1 is 1.11 bits per heavy atom. The van der Waals surface area contributed by atoms with Gasteiger partial charge in [-0.15, -0.1) is 0 Å². The highest BCUT2D eigenvalue weighted by atomic mass is 32.2. The Bertz CT molecular complexity index is 1440. The molecule has 10 nitrogen and oxygen atoms in total. The molecular formula is C24H27N3O7S2. The first-order valence-electron chi connectivity index (χ1n) is 11.4. The zero-order valence-electron chi connectivity index (χ0n) is 20.2. The number of nitrogens with zero attached hydrogens (tertiary/aromatic N) is 3. The summed E-state index contributed by atoms with van der Waals surface area (Å²) >= 11 is 1.22. The molecule has 2 aromatic carbocycles. The fourth-order valence-electron chi connectivity index (χ4n) is 4.07.